The van der Waals surface area contributed by atoms with E-state index in [0.717, 1.165) is 60.8 Å². The molecule has 0 unspecified atom stereocenters. The highest BCUT2D eigenvalue weighted by atomic mass is 32.2. The molecule has 2 aromatic rings. The van der Waals surface area contributed by atoms with Crippen molar-refractivity contribution in [2.75, 3.05) is 5.32 Å². The van der Waals surface area contributed by atoms with E-state index in [1.807, 2.05) is 31.2 Å². The van der Waals surface area contributed by atoms with Gasteiger partial charge in [0.25, 0.3) is 10.0 Å². The minimum Gasteiger partial charge on any atom is -0.326 e. The highest BCUT2D eigenvalue weighted by Crippen LogP contribution is 2.36. The molecular formula is C22H25N3O4S3. The Hall–Kier alpha value is -2.17. The first-order valence-corrected chi connectivity index (χ1v) is 13.8. The molecule has 2 amide bonds. The van der Waals surface area contributed by atoms with Crippen LogP contribution in [0.5, 0.6) is 0 Å². The Bertz CT molecular complexity index is 1110. The van der Waals surface area contributed by atoms with Gasteiger partial charge >= 0.3 is 0 Å². The highest BCUT2D eigenvalue weighted by Gasteiger charge is 2.43. The normalized spacial score (nSPS) is 21.3. The van der Waals surface area contributed by atoms with Gasteiger partial charge in [-0.25, -0.2) is 0 Å². The topological polar surface area (TPSA) is 95.9 Å². The molecule has 4 rings (SSSR count). The third-order valence-electron chi connectivity index (χ3n) is 5.56. The van der Waals surface area contributed by atoms with E-state index < -0.39 is 15.3 Å². The molecule has 1 aliphatic carbocycles. The number of hydrogen-bond acceptors (Lipinski definition) is 6. The molecule has 1 saturated heterocycles. The Morgan fingerprint density at radius 2 is 1.88 bits per heavy atom. The van der Waals surface area contributed by atoms with Gasteiger partial charge in [-0.05, 0) is 43.3 Å². The number of carbonyl (C=O) groups is 2. The Morgan fingerprint density at radius 1 is 1.16 bits per heavy atom. The van der Waals surface area contributed by atoms with Gasteiger partial charge in [0.2, 0.25) is 11.8 Å². The molecule has 1 saturated carbocycles. The van der Waals surface area contributed by atoms with E-state index in [1.54, 1.807) is 16.3 Å². The van der Waals surface area contributed by atoms with E-state index >= 15 is 0 Å². The summed E-state index contributed by atoms with van der Waals surface area (Å²) >= 11 is 2.17. The van der Waals surface area contributed by atoms with Gasteiger partial charge in [-0.3, -0.25) is 14.5 Å². The summed E-state index contributed by atoms with van der Waals surface area (Å²) in [6, 6.07) is 10.5. The third-order valence-corrected chi connectivity index (χ3v) is 9.47. The number of rotatable bonds is 6. The van der Waals surface area contributed by atoms with E-state index in [1.165, 1.54) is 6.07 Å². The van der Waals surface area contributed by atoms with Crippen molar-refractivity contribution < 1.29 is 18.0 Å². The second-order valence-corrected chi connectivity index (χ2v) is 12.0. The van der Waals surface area contributed by atoms with E-state index in [0.29, 0.717) is 5.69 Å². The molecule has 1 aliphatic heterocycles. The third kappa shape index (κ3) is 5.24. The first-order chi connectivity index (χ1) is 15.3. The van der Waals surface area contributed by atoms with Crippen molar-refractivity contribution in [3.8, 4) is 0 Å². The molecule has 1 N–H and O–H groups in total. The fourth-order valence-electron chi connectivity index (χ4n) is 3.93. The fourth-order valence-corrected chi connectivity index (χ4v) is 7.30. The van der Waals surface area contributed by atoms with Crippen molar-refractivity contribution in [1.82, 2.24) is 4.90 Å². The van der Waals surface area contributed by atoms with Crippen LogP contribution in [-0.2, 0) is 19.6 Å². The zero-order valence-corrected chi connectivity index (χ0v) is 20.1. The number of benzene rings is 1. The van der Waals surface area contributed by atoms with E-state index in [4.69, 9.17) is 0 Å². The number of sulfonamides is 1. The fraction of sp³-hybridized carbons (Fsp3) is 0.409. The van der Waals surface area contributed by atoms with Crippen molar-refractivity contribution in [2.45, 2.75) is 60.9 Å². The molecule has 2 fully saturated rings. The Kier molecular flexibility index (Phi) is 7.02. The van der Waals surface area contributed by atoms with Crippen LogP contribution in [0.15, 0.2) is 50.4 Å². The molecule has 170 valence electrons. The number of thioether (sulfide) groups is 1. The van der Waals surface area contributed by atoms with E-state index in [9.17, 15) is 18.0 Å². The van der Waals surface area contributed by atoms with Crippen LogP contribution in [0.2, 0.25) is 0 Å². The van der Waals surface area contributed by atoms with Crippen LogP contribution in [0.3, 0.4) is 0 Å². The van der Waals surface area contributed by atoms with Crippen LogP contribution in [0, 0.1) is 6.92 Å². The van der Waals surface area contributed by atoms with Gasteiger partial charge in [0, 0.05) is 18.2 Å². The van der Waals surface area contributed by atoms with Crippen LogP contribution in [-0.4, -0.2) is 41.6 Å². The van der Waals surface area contributed by atoms with Gasteiger partial charge in [0.05, 0.1) is 0 Å². The van der Waals surface area contributed by atoms with E-state index in [-0.39, 0.29) is 33.7 Å². The number of hydrogen-bond donors (Lipinski definition) is 1. The lowest BCUT2D eigenvalue weighted by Crippen LogP contribution is -2.42. The summed E-state index contributed by atoms with van der Waals surface area (Å²) < 4.78 is 29.7. The number of amidine groups is 1. The maximum absolute atomic E-state index is 13.3. The summed E-state index contributed by atoms with van der Waals surface area (Å²) in [6.45, 7) is 1.96. The number of nitrogens with zero attached hydrogens (tertiary/aromatic N) is 2. The number of anilines is 1. The molecule has 1 atom stereocenters. The predicted molar refractivity (Wildman–Crippen MR) is 128 cm³/mol. The van der Waals surface area contributed by atoms with Gasteiger partial charge in [-0.1, -0.05) is 54.8 Å². The molecule has 2 heterocycles. The number of amides is 2. The van der Waals surface area contributed by atoms with Crippen LogP contribution < -0.4 is 5.32 Å². The van der Waals surface area contributed by atoms with Gasteiger partial charge < -0.3 is 5.32 Å². The predicted octanol–water partition coefficient (Wildman–Crippen LogP) is 4.41. The maximum Gasteiger partial charge on any atom is 0.294 e. The standard InChI is InChI=1S/C22H25N3O4S3/c1-15-9-11-16(12-10-15)23-19(26)14-18-21(27)25(17-6-3-2-4-7-17)22(31-18)24-32(28,29)20-8-5-13-30-20/h5,8-13,17-18H,2-4,6-7,14H2,1H3,(H,23,26)/t18-/m0/s1. The Morgan fingerprint density at radius 3 is 2.53 bits per heavy atom. The van der Waals surface area contributed by atoms with Crippen molar-refractivity contribution in [1.29, 1.82) is 0 Å². The molecule has 0 bridgehead atoms. The quantitative estimate of drug-likeness (QED) is 0.646. The lowest BCUT2D eigenvalue weighted by molar-refractivity contribution is -0.130. The molecule has 1 aromatic carbocycles. The number of nitrogens with one attached hydrogen (secondary N) is 1. The van der Waals surface area contributed by atoms with Crippen LogP contribution in [0.4, 0.5) is 5.69 Å². The Labute approximate surface area is 196 Å². The van der Waals surface area contributed by atoms with Crippen LogP contribution in [0.25, 0.3) is 0 Å². The second kappa shape index (κ2) is 9.76. The van der Waals surface area contributed by atoms with Crippen molar-refractivity contribution in [3.05, 3.63) is 47.3 Å². The van der Waals surface area contributed by atoms with Crippen LogP contribution in [0.1, 0.15) is 44.1 Å². The zero-order chi connectivity index (χ0) is 22.7. The van der Waals surface area contributed by atoms with Gasteiger partial charge in [0.1, 0.15) is 9.46 Å². The average Bonchev–Trinajstić information content (AvgIpc) is 3.40. The summed E-state index contributed by atoms with van der Waals surface area (Å²) in [4.78, 5) is 27.4. The molecule has 2 aliphatic rings. The molecule has 0 radical (unpaired) electrons. The largest absolute Gasteiger partial charge is 0.326 e. The molecule has 32 heavy (non-hydrogen) atoms. The average molecular weight is 492 g/mol. The zero-order valence-electron chi connectivity index (χ0n) is 17.7. The molecule has 10 heteroatoms. The van der Waals surface area contributed by atoms with Gasteiger partial charge in [-0.15, -0.1) is 15.7 Å². The molecule has 0 spiro atoms. The monoisotopic (exact) mass is 491 g/mol. The van der Waals surface area contributed by atoms with Crippen molar-refractivity contribution in [2.24, 2.45) is 4.40 Å². The Balaban J connectivity index is 1.55. The SMILES string of the molecule is Cc1ccc(NC(=O)C[C@@H]2SC(=NS(=O)(=O)c3cccs3)N(C3CCCCC3)C2=O)cc1. The first-order valence-electron chi connectivity index (χ1n) is 10.6. The maximum atomic E-state index is 13.3. The number of aryl methyl sites for hydroxylation is 1. The summed E-state index contributed by atoms with van der Waals surface area (Å²) in [7, 11) is -3.91. The number of thiophene rings is 1. The summed E-state index contributed by atoms with van der Waals surface area (Å²) in [5.41, 5.74) is 1.75. The molecule has 1 aromatic heterocycles. The van der Waals surface area contributed by atoms with E-state index in [2.05, 4.69) is 9.71 Å². The smallest absolute Gasteiger partial charge is 0.294 e. The summed E-state index contributed by atoms with van der Waals surface area (Å²) in [6.07, 6.45) is 4.66. The number of carbonyl (C=O) groups excluding carboxylic acids is 2. The lowest BCUT2D eigenvalue weighted by atomic mass is 9.94. The summed E-state index contributed by atoms with van der Waals surface area (Å²) in [5, 5.41) is 3.98. The lowest BCUT2D eigenvalue weighted by Gasteiger charge is -2.30. The van der Waals surface area contributed by atoms with Crippen LogP contribution >= 0.6 is 23.1 Å². The summed E-state index contributed by atoms with van der Waals surface area (Å²) in [5.74, 6) is -0.522. The molecular weight excluding hydrogens is 466 g/mol. The minimum absolute atomic E-state index is 0.0430. The molecule has 7 nitrogen and oxygen atoms in total. The van der Waals surface area contributed by atoms with Crippen molar-refractivity contribution in [3.63, 3.8) is 0 Å². The highest BCUT2D eigenvalue weighted by molar-refractivity contribution is 8.16. The van der Waals surface area contributed by atoms with Gasteiger partial charge in [-0.2, -0.15) is 8.42 Å². The van der Waals surface area contributed by atoms with Crippen molar-refractivity contribution >= 4 is 55.8 Å². The second-order valence-electron chi connectivity index (χ2n) is 8.01. The first kappa shape index (κ1) is 23.0. The van der Waals surface area contributed by atoms with Gasteiger partial charge in [0.15, 0.2) is 5.17 Å². The minimum atomic E-state index is -3.91.